The van der Waals surface area contributed by atoms with Crippen LogP contribution in [0.3, 0.4) is 0 Å². The van der Waals surface area contributed by atoms with Gasteiger partial charge in [0.05, 0.1) is 19.5 Å². The lowest BCUT2D eigenvalue weighted by Crippen LogP contribution is -2.31. The van der Waals surface area contributed by atoms with E-state index in [0.717, 1.165) is 24.0 Å². The summed E-state index contributed by atoms with van der Waals surface area (Å²) in [6.07, 6.45) is 5.20. The smallest absolute Gasteiger partial charge is 0.244 e. The maximum absolute atomic E-state index is 12.2. The number of nitrogens with one attached hydrogen (secondary N) is 2. The van der Waals surface area contributed by atoms with Crippen LogP contribution in [0.5, 0.6) is 11.5 Å². The van der Waals surface area contributed by atoms with Crippen LogP contribution in [-0.4, -0.2) is 34.1 Å². The summed E-state index contributed by atoms with van der Waals surface area (Å²) in [5.74, 6) is 1.00. The predicted octanol–water partition coefficient (Wildman–Crippen LogP) is 4.03. The van der Waals surface area contributed by atoms with Crippen LogP contribution in [0.15, 0.2) is 48.5 Å². The Bertz CT molecular complexity index is 1030. The number of unbranched alkanes of at least 4 members (excludes halogenated alkanes) is 1. The lowest BCUT2D eigenvalue weighted by Gasteiger charge is -2.11. The van der Waals surface area contributed by atoms with Crippen molar-refractivity contribution >= 4 is 22.0 Å². The molecule has 0 aliphatic heterocycles. The Labute approximate surface area is 197 Å². The number of hydrogen-bond donors (Lipinski definition) is 2. The maximum Gasteiger partial charge on any atom is 0.244 e. The molecule has 33 heavy (non-hydrogen) atoms. The van der Waals surface area contributed by atoms with Crippen LogP contribution in [-0.2, 0) is 27.1 Å². The molecule has 180 valence electrons. The lowest BCUT2D eigenvalue weighted by atomic mass is 10.1. The van der Waals surface area contributed by atoms with Crippen LogP contribution in [0.1, 0.15) is 50.3 Å². The highest BCUT2D eigenvalue weighted by Gasteiger charge is 2.12. The van der Waals surface area contributed by atoms with Gasteiger partial charge in [-0.05, 0) is 55.2 Å². The molecule has 0 atom stereocenters. The first-order valence-electron chi connectivity index (χ1n) is 11.1. The highest BCUT2D eigenvalue weighted by molar-refractivity contribution is 7.88. The molecule has 2 N–H and O–H groups in total. The monoisotopic (exact) mass is 474 g/mol. The van der Waals surface area contributed by atoms with Crippen molar-refractivity contribution in [3.8, 4) is 11.5 Å². The first-order valence-corrected chi connectivity index (χ1v) is 12.7. The number of amides is 1. The molecule has 0 aromatic heterocycles. The number of ether oxygens (including phenoxy) is 2. The van der Waals surface area contributed by atoms with Crippen LogP contribution in [0.2, 0.25) is 0 Å². The molecular weight excluding hydrogens is 440 g/mol. The van der Waals surface area contributed by atoms with Crippen molar-refractivity contribution in [3.05, 3.63) is 65.2 Å². The molecule has 0 saturated heterocycles. The van der Waals surface area contributed by atoms with Crippen molar-refractivity contribution in [3.63, 3.8) is 0 Å². The second-order valence-electron chi connectivity index (χ2n) is 8.01. The Kier molecular flexibility index (Phi) is 10.4. The molecule has 1 amide bonds. The van der Waals surface area contributed by atoms with Gasteiger partial charge in [-0.25, -0.2) is 13.1 Å². The van der Waals surface area contributed by atoms with E-state index in [1.165, 1.54) is 6.08 Å². The Morgan fingerprint density at radius 2 is 1.76 bits per heavy atom. The summed E-state index contributed by atoms with van der Waals surface area (Å²) in [7, 11) is -1.78. The molecule has 0 unspecified atom stereocenters. The molecule has 7 nitrogen and oxygen atoms in total. The summed E-state index contributed by atoms with van der Waals surface area (Å²) in [5.41, 5.74) is 2.39. The standard InChI is InChI=1S/C25H34N2O5S/c1-5-6-15-32-23-13-11-20(16-24(23)31-4)12-14-25(28)26-17-21-7-9-22(10-8-21)18-33(29,30)27-19(2)3/h7-14,16,19,27H,5-6,15,17-18H2,1-4H3,(H,26,28)/b14-12+. The SMILES string of the molecule is CCCCOc1ccc(/C=C/C(=O)NCc2ccc(CS(=O)(=O)NC(C)C)cc2)cc1OC. The van der Waals surface area contributed by atoms with Gasteiger partial charge in [-0.1, -0.05) is 43.7 Å². The number of benzene rings is 2. The minimum Gasteiger partial charge on any atom is -0.493 e. The molecule has 0 aliphatic rings. The van der Waals surface area contributed by atoms with E-state index in [9.17, 15) is 13.2 Å². The maximum atomic E-state index is 12.2. The Balaban J connectivity index is 1.88. The number of rotatable bonds is 13. The fourth-order valence-electron chi connectivity index (χ4n) is 3.03. The second kappa shape index (κ2) is 13.0. The quantitative estimate of drug-likeness (QED) is 0.338. The predicted molar refractivity (Wildman–Crippen MR) is 132 cm³/mol. The number of methoxy groups -OCH3 is 1. The van der Waals surface area contributed by atoms with Gasteiger partial charge >= 0.3 is 0 Å². The number of carbonyl (C=O) groups excluding carboxylic acids is 1. The van der Waals surface area contributed by atoms with Gasteiger partial charge in [0.25, 0.3) is 0 Å². The van der Waals surface area contributed by atoms with Crippen molar-refractivity contribution in [1.82, 2.24) is 10.0 Å². The third-order valence-corrected chi connectivity index (χ3v) is 6.18. The molecule has 2 rings (SSSR count). The minimum atomic E-state index is -3.37. The normalized spacial score (nSPS) is 11.7. The van der Waals surface area contributed by atoms with Gasteiger partial charge in [0, 0.05) is 18.7 Å². The van der Waals surface area contributed by atoms with E-state index in [-0.39, 0.29) is 17.7 Å². The summed E-state index contributed by atoms with van der Waals surface area (Å²) in [4.78, 5) is 12.2. The molecule has 2 aromatic rings. The summed E-state index contributed by atoms with van der Waals surface area (Å²) in [6.45, 7) is 6.65. The van der Waals surface area contributed by atoms with Crippen LogP contribution >= 0.6 is 0 Å². The fourth-order valence-corrected chi connectivity index (χ4v) is 4.46. The molecule has 0 fully saturated rings. The van der Waals surface area contributed by atoms with Crippen molar-refractivity contribution < 1.29 is 22.7 Å². The zero-order valence-corrected chi connectivity index (χ0v) is 20.6. The van der Waals surface area contributed by atoms with E-state index >= 15 is 0 Å². The van der Waals surface area contributed by atoms with Crippen molar-refractivity contribution in [2.75, 3.05) is 13.7 Å². The summed E-state index contributed by atoms with van der Waals surface area (Å²) >= 11 is 0. The number of sulfonamides is 1. The lowest BCUT2D eigenvalue weighted by molar-refractivity contribution is -0.116. The average Bonchev–Trinajstić information content (AvgIpc) is 2.76. The van der Waals surface area contributed by atoms with Crippen LogP contribution in [0, 0.1) is 0 Å². The van der Waals surface area contributed by atoms with Gasteiger partial charge in [-0.3, -0.25) is 4.79 Å². The van der Waals surface area contributed by atoms with Crippen molar-refractivity contribution in [2.45, 2.75) is 52.0 Å². The largest absolute Gasteiger partial charge is 0.493 e. The van der Waals surface area contributed by atoms with Crippen LogP contribution in [0.4, 0.5) is 0 Å². The highest BCUT2D eigenvalue weighted by atomic mass is 32.2. The van der Waals surface area contributed by atoms with Crippen LogP contribution in [0.25, 0.3) is 6.08 Å². The Hall–Kier alpha value is -2.84. The van der Waals surface area contributed by atoms with Gasteiger partial charge < -0.3 is 14.8 Å². The van der Waals surface area contributed by atoms with Crippen LogP contribution < -0.4 is 19.5 Å². The number of carbonyl (C=O) groups is 1. The molecule has 2 aromatic carbocycles. The third-order valence-electron chi connectivity index (χ3n) is 4.63. The Morgan fingerprint density at radius 3 is 2.39 bits per heavy atom. The summed E-state index contributed by atoms with van der Waals surface area (Å²) in [5, 5.41) is 2.83. The topological polar surface area (TPSA) is 93.7 Å². The van der Waals surface area contributed by atoms with Gasteiger partial charge in [0.2, 0.25) is 15.9 Å². The first-order chi connectivity index (χ1) is 15.7. The van der Waals surface area contributed by atoms with E-state index < -0.39 is 10.0 Å². The van der Waals surface area contributed by atoms with E-state index in [1.807, 2.05) is 30.3 Å². The molecule has 0 spiro atoms. The van der Waals surface area contributed by atoms with Gasteiger partial charge in [0.15, 0.2) is 11.5 Å². The molecule has 0 saturated carbocycles. The van der Waals surface area contributed by atoms with E-state index in [1.54, 1.807) is 39.2 Å². The third kappa shape index (κ3) is 9.67. The fraction of sp³-hybridized carbons (Fsp3) is 0.400. The van der Waals surface area contributed by atoms with E-state index in [4.69, 9.17) is 9.47 Å². The molecular formula is C25H34N2O5S. The Morgan fingerprint density at radius 1 is 1.06 bits per heavy atom. The van der Waals surface area contributed by atoms with Gasteiger partial charge in [-0.2, -0.15) is 0 Å². The minimum absolute atomic E-state index is 0.0769. The molecule has 0 bridgehead atoms. The first kappa shape index (κ1) is 26.4. The highest BCUT2D eigenvalue weighted by Crippen LogP contribution is 2.28. The van der Waals surface area contributed by atoms with Gasteiger partial charge in [-0.15, -0.1) is 0 Å². The summed E-state index contributed by atoms with van der Waals surface area (Å²) in [6, 6.07) is 12.5. The zero-order chi connectivity index (χ0) is 24.3. The van der Waals surface area contributed by atoms with E-state index in [2.05, 4.69) is 17.0 Å². The zero-order valence-electron chi connectivity index (χ0n) is 19.8. The van der Waals surface area contributed by atoms with Crippen molar-refractivity contribution in [1.29, 1.82) is 0 Å². The second-order valence-corrected chi connectivity index (χ2v) is 9.77. The molecule has 0 heterocycles. The molecule has 0 radical (unpaired) electrons. The molecule has 8 heteroatoms. The summed E-state index contributed by atoms with van der Waals surface area (Å²) < 4.78 is 37.7. The molecule has 0 aliphatic carbocycles. The van der Waals surface area contributed by atoms with Gasteiger partial charge in [0.1, 0.15) is 0 Å². The number of hydrogen-bond acceptors (Lipinski definition) is 5. The van der Waals surface area contributed by atoms with E-state index in [0.29, 0.717) is 30.2 Å². The average molecular weight is 475 g/mol. The van der Waals surface area contributed by atoms with Crippen molar-refractivity contribution in [2.24, 2.45) is 0 Å².